The molecule has 2 aliphatic rings. The predicted octanol–water partition coefficient (Wildman–Crippen LogP) is 1.11. The zero-order chi connectivity index (χ0) is 17.4. The molecule has 2 aromatic rings. The van der Waals surface area contributed by atoms with Gasteiger partial charge < -0.3 is 19.4 Å². The molecule has 0 radical (unpaired) electrons. The van der Waals surface area contributed by atoms with Gasteiger partial charge in [0.2, 0.25) is 5.91 Å². The topological polar surface area (TPSA) is 84.7 Å². The summed E-state index contributed by atoms with van der Waals surface area (Å²) in [6, 6.07) is 9.71. The smallest absolute Gasteiger partial charge is 0.276 e. The van der Waals surface area contributed by atoms with Gasteiger partial charge in [0.1, 0.15) is 12.4 Å². The number of amides is 2. The Hall–Kier alpha value is -2.67. The molecule has 7 heteroatoms. The summed E-state index contributed by atoms with van der Waals surface area (Å²) in [5.74, 6) is 0.143. The summed E-state index contributed by atoms with van der Waals surface area (Å²) in [5.41, 5.74) is 1.40. The molecule has 7 nitrogen and oxygen atoms in total. The molecule has 1 aromatic heterocycles. The molecule has 0 aliphatic carbocycles. The highest BCUT2D eigenvalue weighted by atomic mass is 16.5. The van der Waals surface area contributed by atoms with E-state index in [1.54, 1.807) is 11.8 Å². The number of nitrogens with zero attached hydrogens (tertiary/aromatic N) is 2. The van der Waals surface area contributed by atoms with Crippen molar-refractivity contribution in [2.75, 3.05) is 19.7 Å². The second-order valence-electron chi connectivity index (χ2n) is 6.38. The van der Waals surface area contributed by atoms with E-state index in [0.717, 1.165) is 5.56 Å². The van der Waals surface area contributed by atoms with Crippen LogP contribution in [0.5, 0.6) is 0 Å². The van der Waals surface area contributed by atoms with Gasteiger partial charge in [-0.25, -0.2) is 4.98 Å². The maximum atomic E-state index is 13.0. The molecule has 1 N–H and O–H groups in total. The van der Waals surface area contributed by atoms with Crippen LogP contribution in [0.15, 0.2) is 41.1 Å². The fourth-order valence-corrected chi connectivity index (χ4v) is 3.67. The lowest BCUT2D eigenvalue weighted by molar-refractivity contribution is -0.125. The zero-order valence-electron chi connectivity index (χ0n) is 13.8. The summed E-state index contributed by atoms with van der Waals surface area (Å²) in [6.07, 6.45) is 1.04. The molecule has 0 unspecified atom stereocenters. The number of nitrogens with one attached hydrogen (secondary N) is 1. The lowest BCUT2D eigenvalue weighted by Gasteiger charge is -2.25. The van der Waals surface area contributed by atoms with Crippen molar-refractivity contribution in [3.63, 3.8) is 0 Å². The van der Waals surface area contributed by atoms with Crippen LogP contribution in [0.2, 0.25) is 0 Å². The molecule has 130 valence electrons. The van der Waals surface area contributed by atoms with Crippen LogP contribution in [-0.2, 0) is 9.53 Å². The first-order valence-electron chi connectivity index (χ1n) is 8.29. The molecule has 4 rings (SSSR count). The molecule has 2 fully saturated rings. The molecule has 2 saturated heterocycles. The van der Waals surface area contributed by atoms with E-state index < -0.39 is 0 Å². The van der Waals surface area contributed by atoms with Gasteiger partial charge in [0, 0.05) is 19.0 Å². The third-order valence-corrected chi connectivity index (χ3v) is 4.92. The number of oxazole rings is 1. The average molecular weight is 341 g/mol. The predicted molar refractivity (Wildman–Crippen MR) is 88.0 cm³/mol. The van der Waals surface area contributed by atoms with Crippen molar-refractivity contribution < 1.29 is 18.7 Å². The Morgan fingerprint density at radius 1 is 1.32 bits per heavy atom. The Balaban J connectivity index is 1.68. The average Bonchev–Trinajstić information content (AvgIpc) is 3.16. The van der Waals surface area contributed by atoms with Gasteiger partial charge in [-0.15, -0.1) is 0 Å². The molecular weight excluding hydrogens is 322 g/mol. The first kappa shape index (κ1) is 15.8. The molecule has 1 aromatic carbocycles. The summed E-state index contributed by atoms with van der Waals surface area (Å²) in [4.78, 5) is 30.5. The Labute approximate surface area is 145 Å². The Kier molecular flexibility index (Phi) is 4.01. The number of fused-ring (bicyclic) bond motifs is 1. The molecule has 2 aliphatic heterocycles. The SMILES string of the molecule is Cc1ocnc1C(=O)N1C[C@H](c2ccccc2)[C@H]2OCC(=O)NC[C@H]21. The largest absolute Gasteiger partial charge is 0.448 e. The highest BCUT2D eigenvalue weighted by Gasteiger charge is 2.47. The monoisotopic (exact) mass is 341 g/mol. The number of carbonyl (C=O) groups is 2. The van der Waals surface area contributed by atoms with E-state index in [-0.39, 0.29) is 36.5 Å². The first-order chi connectivity index (χ1) is 12.1. The van der Waals surface area contributed by atoms with Gasteiger partial charge >= 0.3 is 0 Å². The number of likely N-dealkylation sites (tertiary alicyclic amines) is 1. The molecule has 2 amide bonds. The summed E-state index contributed by atoms with van der Waals surface area (Å²) >= 11 is 0. The van der Waals surface area contributed by atoms with Crippen molar-refractivity contribution in [3.8, 4) is 0 Å². The maximum absolute atomic E-state index is 13.0. The minimum atomic E-state index is -0.238. The summed E-state index contributed by atoms with van der Waals surface area (Å²) in [6.45, 7) is 2.61. The van der Waals surface area contributed by atoms with Gasteiger partial charge in [-0.3, -0.25) is 9.59 Å². The van der Waals surface area contributed by atoms with Crippen molar-refractivity contribution in [3.05, 3.63) is 53.7 Å². The van der Waals surface area contributed by atoms with Crippen molar-refractivity contribution in [1.82, 2.24) is 15.2 Å². The van der Waals surface area contributed by atoms with Crippen molar-refractivity contribution >= 4 is 11.8 Å². The van der Waals surface area contributed by atoms with Gasteiger partial charge in [-0.2, -0.15) is 0 Å². The molecule has 0 saturated carbocycles. The van der Waals surface area contributed by atoms with Gasteiger partial charge in [0.05, 0.1) is 12.1 Å². The number of rotatable bonds is 2. The number of hydrogen-bond acceptors (Lipinski definition) is 5. The van der Waals surface area contributed by atoms with Crippen LogP contribution in [0.4, 0.5) is 0 Å². The third kappa shape index (κ3) is 2.80. The van der Waals surface area contributed by atoms with Crippen molar-refractivity contribution in [2.45, 2.75) is 25.0 Å². The fourth-order valence-electron chi connectivity index (χ4n) is 3.67. The van der Waals surface area contributed by atoms with E-state index >= 15 is 0 Å². The minimum Gasteiger partial charge on any atom is -0.448 e. The molecule has 25 heavy (non-hydrogen) atoms. The Morgan fingerprint density at radius 2 is 2.12 bits per heavy atom. The van der Waals surface area contributed by atoms with Gasteiger partial charge in [-0.1, -0.05) is 30.3 Å². The molecular formula is C18H19N3O4. The molecule has 0 bridgehead atoms. The van der Waals surface area contributed by atoms with E-state index in [2.05, 4.69) is 10.3 Å². The van der Waals surface area contributed by atoms with E-state index in [0.29, 0.717) is 24.5 Å². The second kappa shape index (κ2) is 6.33. The Bertz CT molecular complexity index is 789. The van der Waals surface area contributed by atoms with Crippen LogP contribution in [-0.4, -0.2) is 53.5 Å². The summed E-state index contributed by atoms with van der Waals surface area (Å²) in [5, 5.41) is 2.83. The summed E-state index contributed by atoms with van der Waals surface area (Å²) < 4.78 is 11.1. The van der Waals surface area contributed by atoms with Crippen LogP contribution in [0.25, 0.3) is 0 Å². The molecule has 3 heterocycles. The zero-order valence-corrected chi connectivity index (χ0v) is 13.8. The number of aromatic nitrogens is 1. The highest BCUT2D eigenvalue weighted by Crippen LogP contribution is 2.36. The van der Waals surface area contributed by atoms with Crippen LogP contribution in [0.3, 0.4) is 0 Å². The van der Waals surface area contributed by atoms with E-state index in [9.17, 15) is 9.59 Å². The van der Waals surface area contributed by atoms with E-state index in [1.165, 1.54) is 6.39 Å². The first-order valence-corrected chi connectivity index (χ1v) is 8.29. The van der Waals surface area contributed by atoms with Gasteiger partial charge in [-0.05, 0) is 12.5 Å². The number of ether oxygens (including phenoxy) is 1. The minimum absolute atomic E-state index is 0.00931. The maximum Gasteiger partial charge on any atom is 0.276 e. The lowest BCUT2D eigenvalue weighted by atomic mass is 9.93. The van der Waals surface area contributed by atoms with E-state index in [4.69, 9.17) is 9.15 Å². The number of carbonyl (C=O) groups excluding carboxylic acids is 2. The van der Waals surface area contributed by atoms with Gasteiger partial charge in [0.25, 0.3) is 5.91 Å². The van der Waals surface area contributed by atoms with Crippen LogP contribution >= 0.6 is 0 Å². The normalized spacial score (nSPS) is 26.0. The summed E-state index contributed by atoms with van der Waals surface area (Å²) in [7, 11) is 0. The number of hydrogen-bond donors (Lipinski definition) is 1. The Morgan fingerprint density at radius 3 is 2.84 bits per heavy atom. The quantitative estimate of drug-likeness (QED) is 0.884. The second-order valence-corrected chi connectivity index (χ2v) is 6.38. The van der Waals surface area contributed by atoms with Crippen molar-refractivity contribution in [1.29, 1.82) is 0 Å². The van der Waals surface area contributed by atoms with Gasteiger partial charge in [0.15, 0.2) is 12.1 Å². The number of aryl methyl sites for hydroxylation is 1. The number of benzene rings is 1. The fraction of sp³-hybridized carbons (Fsp3) is 0.389. The van der Waals surface area contributed by atoms with Crippen LogP contribution in [0.1, 0.15) is 27.7 Å². The standard InChI is InChI=1S/C18H19N3O4/c1-11-16(20-10-25-11)18(23)21-8-13(12-5-3-2-4-6-12)17-14(21)7-19-15(22)9-24-17/h2-6,10,13-14,17H,7-9H2,1H3,(H,19,22)/t13-,14-,17-/m1/s1. The van der Waals surface area contributed by atoms with E-state index in [1.807, 2.05) is 30.3 Å². The third-order valence-electron chi connectivity index (χ3n) is 4.92. The highest BCUT2D eigenvalue weighted by molar-refractivity contribution is 5.93. The van der Waals surface area contributed by atoms with Crippen LogP contribution < -0.4 is 5.32 Å². The van der Waals surface area contributed by atoms with Crippen molar-refractivity contribution in [2.24, 2.45) is 0 Å². The lowest BCUT2D eigenvalue weighted by Crippen LogP contribution is -2.45. The molecule has 0 spiro atoms. The molecule has 3 atom stereocenters. The van der Waals surface area contributed by atoms with Crippen LogP contribution in [0, 0.1) is 6.92 Å².